The summed E-state index contributed by atoms with van der Waals surface area (Å²) >= 11 is 1.60. The van der Waals surface area contributed by atoms with Gasteiger partial charge < -0.3 is 20.4 Å². The van der Waals surface area contributed by atoms with Crippen LogP contribution in [-0.4, -0.2) is 24.8 Å². The molecule has 0 unspecified atom stereocenters. The van der Waals surface area contributed by atoms with Crippen LogP contribution in [-0.2, 0) is 66.7 Å². The predicted molar refractivity (Wildman–Crippen MR) is 219 cm³/mol. The zero-order valence-electron chi connectivity index (χ0n) is 34.6. The number of benzene rings is 4. The van der Waals surface area contributed by atoms with Crippen LogP contribution in [0, 0.1) is 0 Å². The van der Waals surface area contributed by atoms with Crippen LogP contribution in [0.3, 0.4) is 0 Å². The van der Waals surface area contributed by atoms with Gasteiger partial charge in [-0.05, 0) is 88.4 Å². The van der Waals surface area contributed by atoms with E-state index < -0.39 is 0 Å². The Morgan fingerprint density at radius 3 is 0.679 bits per heavy atom. The average Bonchev–Trinajstić information content (AvgIpc) is 3.02. The zero-order chi connectivity index (χ0) is 39.8. The molecule has 0 saturated carbocycles. The third-order valence-electron chi connectivity index (χ3n) is 10.5. The number of hydrogen-bond donors (Lipinski definition) is 4. The van der Waals surface area contributed by atoms with E-state index >= 15 is 0 Å². The van der Waals surface area contributed by atoms with Crippen molar-refractivity contribution in [1.82, 2.24) is 0 Å². The minimum atomic E-state index is -0.190. The summed E-state index contributed by atoms with van der Waals surface area (Å²) in [5, 5.41) is 47.6. The van der Waals surface area contributed by atoms with Crippen LogP contribution in [0.1, 0.15) is 170 Å². The molecule has 4 aromatic rings. The van der Waals surface area contributed by atoms with Crippen LogP contribution in [0.15, 0.2) is 48.5 Å². The van der Waals surface area contributed by atoms with Crippen molar-refractivity contribution in [2.45, 2.75) is 150 Å². The molecule has 0 saturated heterocycles. The van der Waals surface area contributed by atoms with Gasteiger partial charge in [0.25, 0.3) is 0 Å². The summed E-state index contributed by atoms with van der Waals surface area (Å²) in [6.45, 7) is 28.2. The van der Waals surface area contributed by atoms with E-state index in [0.717, 1.165) is 66.8 Å². The topological polar surface area (TPSA) is 80.9 Å². The van der Waals surface area contributed by atoms with Crippen LogP contribution in [0.5, 0.6) is 23.0 Å². The molecule has 4 N–H and O–H groups in total. The molecule has 5 rings (SSSR count). The fraction of sp³-hybridized carbons (Fsp3) is 0.479. The first kappa shape index (κ1) is 42.4. The van der Waals surface area contributed by atoms with Gasteiger partial charge in [-0.15, -0.1) is 0 Å². The standard InChI is InChI=1S/C44H56O4.C4H8.W/c1-41(2,3)33-17-25-13-27-19-34(42(4,5)6)21-29(38(27)46)15-31-23-36(44(10,11)12)24-32(40(31)48)16-30-22-35(43(7,8)9)20-28(39(30)47)14-26(18-33)37(25)45;1-3-4-2;/h17-24,45-48H,13-16H2,1-12H3;1H,3-4H2,2H3;. The second-order valence-corrected chi connectivity index (χ2v) is 20.4. The van der Waals surface area contributed by atoms with Crippen molar-refractivity contribution < 1.29 is 39.8 Å². The van der Waals surface area contributed by atoms with Crippen LogP contribution < -0.4 is 0 Å². The molecule has 53 heavy (non-hydrogen) atoms. The van der Waals surface area contributed by atoms with E-state index in [0.29, 0.717) is 25.7 Å². The normalized spacial score (nSPS) is 13.6. The predicted octanol–water partition coefficient (Wildman–Crippen LogP) is 11.5. The molecule has 286 valence electrons. The van der Waals surface area contributed by atoms with Gasteiger partial charge in [0, 0.05) is 25.7 Å². The van der Waals surface area contributed by atoms with Crippen molar-refractivity contribution in [1.29, 1.82) is 0 Å². The molecule has 0 fully saturated rings. The SMILES string of the molecule is CC(C)(C)c1cc2c(O)c(c1)Cc1cc(C(C)(C)C)cc(c1O)Cc1cc(C(C)(C)C)cc(c1O)Cc1cc(C(C)(C)C)cc(c1O)C2.CCC[CH]=[W]. The second-order valence-electron chi connectivity index (χ2n) is 19.2. The van der Waals surface area contributed by atoms with E-state index in [2.05, 4.69) is 143 Å². The fourth-order valence-electron chi connectivity index (χ4n) is 6.79. The zero-order valence-corrected chi connectivity index (χ0v) is 37.6. The van der Waals surface area contributed by atoms with Gasteiger partial charge >= 0.3 is 43.5 Å². The molecule has 4 aromatic carbocycles. The molecule has 0 heterocycles. The van der Waals surface area contributed by atoms with Crippen molar-refractivity contribution in [3.8, 4) is 23.0 Å². The van der Waals surface area contributed by atoms with E-state index in [4.69, 9.17) is 0 Å². The van der Waals surface area contributed by atoms with E-state index in [-0.39, 0.29) is 44.7 Å². The van der Waals surface area contributed by atoms with E-state index in [9.17, 15) is 20.4 Å². The van der Waals surface area contributed by atoms with Gasteiger partial charge in [0.05, 0.1) is 0 Å². The Morgan fingerprint density at radius 2 is 0.585 bits per heavy atom. The van der Waals surface area contributed by atoms with Crippen LogP contribution in [0.25, 0.3) is 0 Å². The Kier molecular flexibility index (Phi) is 12.6. The van der Waals surface area contributed by atoms with Crippen LogP contribution in [0.2, 0.25) is 0 Å². The Hall–Kier alpha value is -3.36. The van der Waals surface area contributed by atoms with Gasteiger partial charge in [0.1, 0.15) is 23.0 Å². The Bertz CT molecular complexity index is 1600. The number of phenols is 4. The summed E-state index contributed by atoms with van der Waals surface area (Å²) in [5.41, 5.74) is 9.48. The Labute approximate surface area is 331 Å². The van der Waals surface area contributed by atoms with Gasteiger partial charge in [0.2, 0.25) is 0 Å². The summed E-state index contributed by atoms with van der Waals surface area (Å²) in [6, 6.07) is 16.5. The Morgan fingerprint density at radius 1 is 0.415 bits per heavy atom. The minimum absolute atomic E-state index is 0.190. The molecule has 0 spiro atoms. The third-order valence-corrected chi connectivity index (χ3v) is 11.3. The quantitative estimate of drug-likeness (QED) is 0.142. The van der Waals surface area contributed by atoms with Crippen LogP contribution in [0.4, 0.5) is 0 Å². The van der Waals surface area contributed by atoms with Crippen molar-refractivity contribution in [2.24, 2.45) is 0 Å². The second kappa shape index (κ2) is 15.8. The fourth-order valence-corrected chi connectivity index (χ4v) is 7.64. The third kappa shape index (κ3) is 10.0. The molecule has 4 nitrogen and oxygen atoms in total. The van der Waals surface area contributed by atoms with Crippen molar-refractivity contribution in [3.05, 3.63) is 115 Å². The monoisotopic (exact) mass is 888 g/mol. The summed E-state index contributed by atoms with van der Waals surface area (Å²) in [4.78, 5) is 0. The van der Waals surface area contributed by atoms with Gasteiger partial charge in [-0.3, -0.25) is 0 Å². The van der Waals surface area contributed by atoms with Gasteiger partial charge in [-0.1, -0.05) is 132 Å². The molecule has 8 bridgehead atoms. The molecule has 0 amide bonds. The molecule has 1 aliphatic rings. The number of phenolic OH excluding ortho intramolecular Hbond substituents is 4. The van der Waals surface area contributed by atoms with Gasteiger partial charge in [0.15, 0.2) is 0 Å². The molecular formula is C48H64O4W. The van der Waals surface area contributed by atoms with E-state index in [1.54, 1.807) is 19.4 Å². The van der Waals surface area contributed by atoms with Crippen molar-refractivity contribution in [3.63, 3.8) is 0 Å². The molecule has 0 aliphatic heterocycles. The molecule has 0 radical (unpaired) electrons. The number of hydrogen-bond acceptors (Lipinski definition) is 4. The first-order chi connectivity index (χ1) is 24.3. The molecule has 0 aromatic heterocycles. The molecule has 0 atom stereocenters. The number of rotatable bonds is 2. The van der Waals surface area contributed by atoms with E-state index in [1.807, 2.05) is 0 Å². The van der Waals surface area contributed by atoms with Crippen LogP contribution >= 0.6 is 0 Å². The summed E-state index contributed by atoms with van der Waals surface area (Å²) in [5.74, 6) is 0.767. The summed E-state index contributed by atoms with van der Waals surface area (Å²) in [6.07, 6.45) is 3.96. The Balaban J connectivity index is 0.00000117. The molecule has 5 heteroatoms. The van der Waals surface area contributed by atoms with E-state index in [1.165, 1.54) is 12.8 Å². The number of unbranched alkanes of at least 4 members (excludes halogenated alkanes) is 1. The first-order valence-corrected chi connectivity index (χ1v) is 20.9. The maximum atomic E-state index is 11.9. The maximum absolute atomic E-state index is 11.9. The van der Waals surface area contributed by atoms with Crippen molar-refractivity contribution >= 4 is 4.40 Å². The first-order valence-electron chi connectivity index (χ1n) is 19.2. The molecule has 1 aliphatic carbocycles. The number of aromatic hydroxyl groups is 4. The van der Waals surface area contributed by atoms with Gasteiger partial charge in [-0.25, -0.2) is 0 Å². The molecular weight excluding hydrogens is 824 g/mol. The van der Waals surface area contributed by atoms with Crippen molar-refractivity contribution in [2.75, 3.05) is 0 Å². The van der Waals surface area contributed by atoms with Gasteiger partial charge in [-0.2, -0.15) is 0 Å². The summed E-state index contributed by atoms with van der Waals surface area (Å²) in [7, 11) is 0. The number of fused-ring (bicyclic) bond motifs is 8. The average molecular weight is 889 g/mol. The summed E-state index contributed by atoms with van der Waals surface area (Å²) < 4.78 is 2.26.